The van der Waals surface area contributed by atoms with Gasteiger partial charge in [0.05, 0.1) is 26.3 Å². The molecule has 5 heteroatoms. The van der Waals surface area contributed by atoms with E-state index in [1.54, 1.807) is 13.3 Å². The SMILES string of the molecule is COC(=O)C1CCC(Nc2ccc(OC)cn2)CC1. The summed E-state index contributed by atoms with van der Waals surface area (Å²) in [7, 11) is 3.08. The first-order valence-electron chi connectivity index (χ1n) is 6.57. The van der Waals surface area contributed by atoms with Gasteiger partial charge in [-0.25, -0.2) is 4.98 Å². The first kappa shape index (κ1) is 13.6. The van der Waals surface area contributed by atoms with E-state index in [0.717, 1.165) is 37.3 Å². The summed E-state index contributed by atoms with van der Waals surface area (Å²) in [5.41, 5.74) is 0. The van der Waals surface area contributed by atoms with Crippen LogP contribution < -0.4 is 10.1 Å². The number of aromatic nitrogens is 1. The Labute approximate surface area is 113 Å². The first-order valence-corrected chi connectivity index (χ1v) is 6.57. The fourth-order valence-corrected chi connectivity index (χ4v) is 2.44. The van der Waals surface area contributed by atoms with Gasteiger partial charge < -0.3 is 14.8 Å². The van der Waals surface area contributed by atoms with Crippen molar-refractivity contribution in [3.63, 3.8) is 0 Å². The second kappa shape index (κ2) is 6.41. The number of esters is 1. The third-order valence-corrected chi connectivity index (χ3v) is 3.59. The monoisotopic (exact) mass is 264 g/mol. The number of carbonyl (C=O) groups is 1. The fraction of sp³-hybridized carbons (Fsp3) is 0.571. The van der Waals surface area contributed by atoms with Gasteiger partial charge in [-0.15, -0.1) is 0 Å². The van der Waals surface area contributed by atoms with Crippen LogP contribution >= 0.6 is 0 Å². The molecule has 1 heterocycles. The molecule has 0 aliphatic heterocycles. The molecule has 104 valence electrons. The maximum absolute atomic E-state index is 11.4. The molecule has 5 nitrogen and oxygen atoms in total. The zero-order valence-electron chi connectivity index (χ0n) is 11.4. The molecule has 1 fully saturated rings. The standard InChI is InChI=1S/C14H20N2O3/c1-18-12-7-8-13(15-9-12)16-11-5-3-10(4-6-11)14(17)19-2/h7-11H,3-6H2,1-2H3,(H,15,16). The number of nitrogens with zero attached hydrogens (tertiary/aromatic N) is 1. The molecule has 0 bridgehead atoms. The second-order valence-corrected chi connectivity index (χ2v) is 4.80. The second-order valence-electron chi connectivity index (χ2n) is 4.80. The summed E-state index contributed by atoms with van der Waals surface area (Å²) in [5, 5.41) is 3.39. The van der Waals surface area contributed by atoms with Gasteiger partial charge in [-0.05, 0) is 37.8 Å². The predicted molar refractivity (Wildman–Crippen MR) is 72.2 cm³/mol. The van der Waals surface area contributed by atoms with E-state index in [1.807, 2.05) is 12.1 Å². The topological polar surface area (TPSA) is 60.5 Å². The van der Waals surface area contributed by atoms with Crippen LogP contribution in [0, 0.1) is 5.92 Å². The molecule has 1 aliphatic rings. The first-order chi connectivity index (χ1) is 9.22. The Balaban J connectivity index is 1.83. The number of pyridine rings is 1. The third-order valence-electron chi connectivity index (χ3n) is 3.59. The average Bonchev–Trinajstić information content (AvgIpc) is 2.48. The predicted octanol–water partition coefficient (Wildman–Crippen LogP) is 2.23. The van der Waals surface area contributed by atoms with Crippen LogP contribution in [-0.4, -0.2) is 31.2 Å². The summed E-state index contributed by atoms with van der Waals surface area (Å²) >= 11 is 0. The highest BCUT2D eigenvalue weighted by molar-refractivity contribution is 5.72. The Morgan fingerprint density at radius 3 is 2.53 bits per heavy atom. The number of anilines is 1. The van der Waals surface area contributed by atoms with Crippen molar-refractivity contribution in [1.29, 1.82) is 0 Å². The van der Waals surface area contributed by atoms with E-state index >= 15 is 0 Å². The van der Waals surface area contributed by atoms with E-state index in [2.05, 4.69) is 10.3 Å². The molecule has 0 radical (unpaired) electrons. The molecule has 2 rings (SSSR count). The maximum Gasteiger partial charge on any atom is 0.308 e. The van der Waals surface area contributed by atoms with E-state index < -0.39 is 0 Å². The molecule has 1 N–H and O–H groups in total. The fourth-order valence-electron chi connectivity index (χ4n) is 2.44. The summed E-state index contributed by atoms with van der Waals surface area (Å²) in [6.45, 7) is 0. The number of hydrogen-bond acceptors (Lipinski definition) is 5. The zero-order valence-corrected chi connectivity index (χ0v) is 11.4. The minimum absolute atomic E-state index is 0.0619. The van der Waals surface area contributed by atoms with Crippen LogP contribution in [0.4, 0.5) is 5.82 Å². The molecule has 0 saturated heterocycles. The number of nitrogens with one attached hydrogen (secondary N) is 1. The molecule has 1 aromatic rings. The van der Waals surface area contributed by atoms with Gasteiger partial charge in [0, 0.05) is 6.04 Å². The van der Waals surface area contributed by atoms with E-state index in [9.17, 15) is 4.79 Å². The number of carbonyl (C=O) groups excluding carboxylic acids is 1. The van der Waals surface area contributed by atoms with Crippen LogP contribution in [0.25, 0.3) is 0 Å². The summed E-state index contributed by atoms with van der Waals surface area (Å²) in [6, 6.07) is 4.17. The van der Waals surface area contributed by atoms with Crippen molar-refractivity contribution >= 4 is 11.8 Å². The molecular weight excluding hydrogens is 244 g/mol. The van der Waals surface area contributed by atoms with Crippen molar-refractivity contribution in [3.8, 4) is 5.75 Å². The highest BCUT2D eigenvalue weighted by Crippen LogP contribution is 2.27. The van der Waals surface area contributed by atoms with Crippen LogP contribution in [0.15, 0.2) is 18.3 Å². The number of methoxy groups -OCH3 is 2. The number of ether oxygens (including phenoxy) is 2. The van der Waals surface area contributed by atoms with Gasteiger partial charge in [-0.1, -0.05) is 0 Å². The smallest absolute Gasteiger partial charge is 0.308 e. The number of hydrogen-bond donors (Lipinski definition) is 1. The van der Waals surface area contributed by atoms with Crippen molar-refractivity contribution in [3.05, 3.63) is 18.3 Å². The lowest BCUT2D eigenvalue weighted by atomic mass is 9.86. The summed E-state index contributed by atoms with van der Waals surface area (Å²) < 4.78 is 9.85. The molecule has 0 aromatic carbocycles. The lowest BCUT2D eigenvalue weighted by molar-refractivity contribution is -0.146. The molecule has 1 aromatic heterocycles. The molecule has 1 aliphatic carbocycles. The lowest BCUT2D eigenvalue weighted by Gasteiger charge is -2.27. The zero-order chi connectivity index (χ0) is 13.7. The van der Waals surface area contributed by atoms with Crippen molar-refractivity contribution in [2.24, 2.45) is 5.92 Å². The molecule has 0 atom stereocenters. The summed E-state index contributed by atoms with van der Waals surface area (Å²) in [6.07, 6.45) is 5.38. The molecule has 1 saturated carbocycles. The van der Waals surface area contributed by atoms with E-state index in [0.29, 0.717) is 6.04 Å². The van der Waals surface area contributed by atoms with E-state index in [1.165, 1.54) is 7.11 Å². The minimum Gasteiger partial charge on any atom is -0.495 e. The maximum atomic E-state index is 11.4. The lowest BCUT2D eigenvalue weighted by Crippen LogP contribution is -2.30. The van der Waals surface area contributed by atoms with Gasteiger partial charge in [0.2, 0.25) is 0 Å². The Morgan fingerprint density at radius 1 is 1.26 bits per heavy atom. The molecular formula is C14H20N2O3. The molecule has 0 unspecified atom stereocenters. The largest absolute Gasteiger partial charge is 0.495 e. The molecule has 0 spiro atoms. The third kappa shape index (κ3) is 3.59. The van der Waals surface area contributed by atoms with Crippen molar-refractivity contribution in [2.45, 2.75) is 31.7 Å². The normalized spacial score (nSPS) is 22.6. The van der Waals surface area contributed by atoms with Crippen LogP contribution in [0.1, 0.15) is 25.7 Å². The van der Waals surface area contributed by atoms with Crippen molar-refractivity contribution in [2.75, 3.05) is 19.5 Å². The van der Waals surface area contributed by atoms with Gasteiger partial charge >= 0.3 is 5.97 Å². The number of rotatable bonds is 4. The Morgan fingerprint density at radius 2 is 2.00 bits per heavy atom. The van der Waals surface area contributed by atoms with Crippen LogP contribution in [0.5, 0.6) is 5.75 Å². The van der Waals surface area contributed by atoms with Gasteiger partial charge in [0.25, 0.3) is 0 Å². The highest BCUT2D eigenvalue weighted by atomic mass is 16.5. The van der Waals surface area contributed by atoms with Crippen molar-refractivity contribution in [1.82, 2.24) is 4.98 Å². The van der Waals surface area contributed by atoms with Crippen LogP contribution in [-0.2, 0) is 9.53 Å². The average molecular weight is 264 g/mol. The van der Waals surface area contributed by atoms with Crippen molar-refractivity contribution < 1.29 is 14.3 Å². The van der Waals surface area contributed by atoms with E-state index in [-0.39, 0.29) is 11.9 Å². The van der Waals surface area contributed by atoms with Gasteiger partial charge in [-0.2, -0.15) is 0 Å². The van der Waals surface area contributed by atoms with Gasteiger partial charge in [0.1, 0.15) is 11.6 Å². The minimum atomic E-state index is -0.0824. The molecule has 0 amide bonds. The highest BCUT2D eigenvalue weighted by Gasteiger charge is 2.26. The van der Waals surface area contributed by atoms with Gasteiger partial charge in [0.15, 0.2) is 0 Å². The van der Waals surface area contributed by atoms with E-state index in [4.69, 9.17) is 9.47 Å². The summed E-state index contributed by atoms with van der Waals surface area (Å²) in [5.74, 6) is 1.58. The quantitative estimate of drug-likeness (QED) is 0.845. The van der Waals surface area contributed by atoms with Crippen LogP contribution in [0.3, 0.4) is 0 Å². The Hall–Kier alpha value is -1.78. The Kier molecular flexibility index (Phi) is 4.60. The molecule has 19 heavy (non-hydrogen) atoms. The summed E-state index contributed by atoms with van der Waals surface area (Å²) in [4.78, 5) is 15.7. The van der Waals surface area contributed by atoms with Crippen LogP contribution in [0.2, 0.25) is 0 Å². The van der Waals surface area contributed by atoms with Gasteiger partial charge in [-0.3, -0.25) is 4.79 Å². The Bertz CT molecular complexity index is 411.